The molecule has 4 aromatic rings. The molecule has 4 rings (SSSR count). The van der Waals surface area contributed by atoms with Crippen LogP contribution in [0.25, 0.3) is 22.6 Å². The minimum Gasteiger partial charge on any atom is -0.496 e. The minimum absolute atomic E-state index is 0.313. The molecular formula is C20H20FN5O. The lowest BCUT2D eigenvalue weighted by Crippen LogP contribution is -2.11. The number of halogens is 1. The molecule has 1 atom stereocenters. The molecule has 0 saturated carbocycles. The van der Waals surface area contributed by atoms with Gasteiger partial charge in [-0.1, -0.05) is 6.92 Å². The first-order valence-electron chi connectivity index (χ1n) is 8.77. The number of ether oxygens (including phenoxy) is 1. The highest BCUT2D eigenvalue weighted by atomic mass is 19.1. The second kappa shape index (κ2) is 7.19. The summed E-state index contributed by atoms with van der Waals surface area (Å²) < 4.78 is 21.2. The summed E-state index contributed by atoms with van der Waals surface area (Å²) in [6, 6.07) is 6.48. The quantitative estimate of drug-likeness (QED) is 0.564. The first-order chi connectivity index (χ1) is 13.2. The molecule has 0 bridgehead atoms. The smallest absolute Gasteiger partial charge is 0.177 e. The van der Waals surface area contributed by atoms with Gasteiger partial charge in [0.1, 0.15) is 17.4 Å². The van der Waals surface area contributed by atoms with Crippen molar-refractivity contribution in [2.24, 2.45) is 5.92 Å². The highest BCUT2D eigenvalue weighted by Gasteiger charge is 2.16. The van der Waals surface area contributed by atoms with Crippen LogP contribution in [0.15, 0.2) is 49.2 Å². The summed E-state index contributed by atoms with van der Waals surface area (Å²) in [5.41, 5.74) is 3.53. The molecular weight excluding hydrogens is 345 g/mol. The van der Waals surface area contributed by atoms with E-state index >= 15 is 0 Å². The lowest BCUT2D eigenvalue weighted by molar-refractivity contribution is 0.414. The van der Waals surface area contributed by atoms with Gasteiger partial charge in [-0.25, -0.2) is 19.3 Å². The zero-order valence-corrected chi connectivity index (χ0v) is 15.2. The van der Waals surface area contributed by atoms with E-state index < -0.39 is 0 Å². The number of rotatable bonds is 6. The van der Waals surface area contributed by atoms with Crippen molar-refractivity contribution in [2.45, 2.75) is 19.9 Å². The Morgan fingerprint density at radius 2 is 2.07 bits per heavy atom. The van der Waals surface area contributed by atoms with Crippen LogP contribution in [0.5, 0.6) is 5.75 Å². The van der Waals surface area contributed by atoms with Crippen molar-refractivity contribution in [1.82, 2.24) is 24.5 Å². The van der Waals surface area contributed by atoms with Crippen molar-refractivity contribution in [3.8, 4) is 17.1 Å². The zero-order chi connectivity index (χ0) is 18.8. The first kappa shape index (κ1) is 17.2. The molecule has 6 nitrogen and oxygen atoms in total. The van der Waals surface area contributed by atoms with Gasteiger partial charge in [0.2, 0.25) is 0 Å². The van der Waals surface area contributed by atoms with E-state index in [1.165, 1.54) is 17.7 Å². The number of aromatic nitrogens is 5. The highest BCUT2D eigenvalue weighted by Crippen LogP contribution is 2.30. The van der Waals surface area contributed by atoms with E-state index in [4.69, 9.17) is 4.74 Å². The molecule has 3 aromatic heterocycles. The van der Waals surface area contributed by atoms with Crippen LogP contribution in [0.4, 0.5) is 4.39 Å². The summed E-state index contributed by atoms with van der Waals surface area (Å²) >= 11 is 0. The number of fused-ring (bicyclic) bond motifs is 1. The van der Waals surface area contributed by atoms with Crippen molar-refractivity contribution in [3.63, 3.8) is 0 Å². The third-order valence-electron chi connectivity index (χ3n) is 4.61. The summed E-state index contributed by atoms with van der Waals surface area (Å²) in [5, 5.41) is 0. The van der Waals surface area contributed by atoms with Gasteiger partial charge in [0.05, 0.1) is 24.5 Å². The number of benzene rings is 1. The van der Waals surface area contributed by atoms with Crippen LogP contribution >= 0.6 is 0 Å². The molecule has 7 heteroatoms. The van der Waals surface area contributed by atoms with Crippen molar-refractivity contribution in [1.29, 1.82) is 0 Å². The number of aromatic amines is 1. The third kappa shape index (κ3) is 3.40. The van der Waals surface area contributed by atoms with Crippen molar-refractivity contribution in [2.75, 3.05) is 7.11 Å². The van der Waals surface area contributed by atoms with Crippen molar-refractivity contribution >= 4 is 11.2 Å². The molecule has 0 aliphatic carbocycles. The van der Waals surface area contributed by atoms with E-state index in [0.29, 0.717) is 23.1 Å². The summed E-state index contributed by atoms with van der Waals surface area (Å²) in [6.07, 6.45) is 7.95. The van der Waals surface area contributed by atoms with Crippen LogP contribution in [-0.2, 0) is 13.0 Å². The van der Waals surface area contributed by atoms with E-state index in [-0.39, 0.29) is 5.82 Å². The zero-order valence-electron chi connectivity index (χ0n) is 15.2. The normalized spacial score (nSPS) is 12.4. The van der Waals surface area contributed by atoms with Crippen LogP contribution in [-0.4, -0.2) is 31.6 Å². The highest BCUT2D eigenvalue weighted by molar-refractivity contribution is 5.73. The summed E-state index contributed by atoms with van der Waals surface area (Å²) in [7, 11) is 1.58. The Bertz CT molecular complexity index is 1070. The second-order valence-corrected chi connectivity index (χ2v) is 6.63. The molecule has 1 aromatic carbocycles. The van der Waals surface area contributed by atoms with Gasteiger partial charge in [0.25, 0.3) is 0 Å². The molecule has 0 spiro atoms. The SMILES string of the molecule is COc1ccc(F)cc1-c1nccn1CC(C)Cc1ccnc2nc[nH]c12. The van der Waals surface area contributed by atoms with E-state index in [0.717, 1.165) is 24.1 Å². The number of pyridine rings is 1. The number of hydrogen-bond acceptors (Lipinski definition) is 4. The predicted octanol–water partition coefficient (Wildman–Crippen LogP) is 3.85. The fourth-order valence-electron chi connectivity index (χ4n) is 3.40. The van der Waals surface area contributed by atoms with Gasteiger partial charge in [-0.3, -0.25) is 0 Å². The van der Waals surface area contributed by atoms with Gasteiger partial charge < -0.3 is 14.3 Å². The van der Waals surface area contributed by atoms with E-state index in [1.807, 2.05) is 16.8 Å². The Hall–Kier alpha value is -3.22. The molecule has 138 valence electrons. The molecule has 1 N–H and O–H groups in total. The summed E-state index contributed by atoms with van der Waals surface area (Å²) in [5.74, 6) is 1.31. The number of nitrogens with zero attached hydrogens (tertiary/aromatic N) is 4. The van der Waals surface area contributed by atoms with Gasteiger partial charge in [0.15, 0.2) is 5.65 Å². The molecule has 1 unspecified atom stereocenters. The maximum Gasteiger partial charge on any atom is 0.177 e. The third-order valence-corrected chi connectivity index (χ3v) is 4.61. The van der Waals surface area contributed by atoms with Gasteiger partial charge in [-0.15, -0.1) is 0 Å². The maximum atomic E-state index is 13.8. The Morgan fingerprint density at radius 1 is 1.19 bits per heavy atom. The lowest BCUT2D eigenvalue weighted by Gasteiger charge is -2.16. The number of imidazole rings is 2. The van der Waals surface area contributed by atoms with E-state index in [9.17, 15) is 4.39 Å². The first-order valence-corrected chi connectivity index (χ1v) is 8.77. The Morgan fingerprint density at radius 3 is 2.93 bits per heavy atom. The molecule has 0 saturated heterocycles. The predicted molar refractivity (Wildman–Crippen MR) is 101 cm³/mol. The molecule has 0 radical (unpaired) electrons. The van der Waals surface area contributed by atoms with Gasteiger partial charge in [-0.2, -0.15) is 0 Å². The fraction of sp³-hybridized carbons (Fsp3) is 0.250. The standard InChI is InChI=1S/C20H20FN5O/c1-13(9-14-5-6-22-19-18(14)24-12-25-19)11-26-8-7-23-20(26)16-10-15(21)3-4-17(16)27-2/h3-8,10,12-13H,9,11H2,1-2H3,(H,22,24,25). The summed E-state index contributed by atoms with van der Waals surface area (Å²) in [6.45, 7) is 2.92. The van der Waals surface area contributed by atoms with Crippen LogP contribution in [0, 0.1) is 11.7 Å². The Balaban J connectivity index is 1.58. The number of nitrogens with one attached hydrogen (secondary N) is 1. The molecule has 3 heterocycles. The monoisotopic (exact) mass is 365 g/mol. The summed E-state index contributed by atoms with van der Waals surface area (Å²) in [4.78, 5) is 16.1. The van der Waals surface area contributed by atoms with Gasteiger partial charge in [0, 0.05) is 25.1 Å². The molecule has 0 aliphatic rings. The Labute approximate surface area is 156 Å². The largest absolute Gasteiger partial charge is 0.496 e. The number of hydrogen-bond donors (Lipinski definition) is 1. The average molecular weight is 365 g/mol. The topological polar surface area (TPSA) is 68.6 Å². The number of H-pyrrole nitrogens is 1. The average Bonchev–Trinajstić information content (AvgIpc) is 3.31. The van der Waals surface area contributed by atoms with Crippen molar-refractivity contribution < 1.29 is 9.13 Å². The van der Waals surface area contributed by atoms with Crippen LogP contribution in [0.1, 0.15) is 12.5 Å². The minimum atomic E-state index is -0.313. The van der Waals surface area contributed by atoms with Crippen LogP contribution < -0.4 is 4.74 Å². The van der Waals surface area contributed by atoms with Crippen molar-refractivity contribution in [3.05, 3.63) is 60.6 Å². The van der Waals surface area contributed by atoms with Gasteiger partial charge >= 0.3 is 0 Å². The van der Waals surface area contributed by atoms with Gasteiger partial charge in [-0.05, 0) is 42.2 Å². The molecule has 27 heavy (non-hydrogen) atoms. The molecule has 0 amide bonds. The number of methoxy groups -OCH3 is 1. The second-order valence-electron chi connectivity index (χ2n) is 6.63. The van der Waals surface area contributed by atoms with E-state index in [2.05, 4.69) is 26.9 Å². The molecule has 0 fully saturated rings. The van der Waals surface area contributed by atoms with Crippen LogP contribution in [0.2, 0.25) is 0 Å². The fourth-order valence-corrected chi connectivity index (χ4v) is 3.40. The van der Waals surface area contributed by atoms with E-state index in [1.54, 1.807) is 31.9 Å². The van der Waals surface area contributed by atoms with Crippen LogP contribution in [0.3, 0.4) is 0 Å². The maximum absolute atomic E-state index is 13.8. The molecule has 0 aliphatic heterocycles. The lowest BCUT2D eigenvalue weighted by atomic mass is 10.0. The Kier molecular flexibility index (Phi) is 4.58.